The second-order valence-electron chi connectivity index (χ2n) is 7.93. The molecule has 7 heteroatoms. The summed E-state index contributed by atoms with van der Waals surface area (Å²) in [5.74, 6) is 1.41. The second kappa shape index (κ2) is 7.40. The van der Waals surface area contributed by atoms with Crippen LogP contribution < -0.4 is 15.5 Å². The molecule has 7 nitrogen and oxygen atoms in total. The fraction of sp³-hybridized carbons (Fsp3) is 0.364. The number of nitrogens with zero attached hydrogens (tertiary/aromatic N) is 4. The molecule has 0 spiro atoms. The number of aromatic amines is 1. The molecule has 0 bridgehead atoms. The number of anilines is 2. The van der Waals surface area contributed by atoms with Gasteiger partial charge in [0.25, 0.3) is 0 Å². The third kappa shape index (κ3) is 3.42. The Kier molecular flexibility index (Phi) is 4.60. The van der Waals surface area contributed by atoms with Crippen molar-refractivity contribution in [3.05, 3.63) is 54.4 Å². The molecule has 3 aromatic rings. The van der Waals surface area contributed by atoms with Crippen LogP contribution in [0.4, 0.5) is 16.3 Å². The molecule has 0 unspecified atom stereocenters. The number of benzene rings is 1. The molecule has 5 rings (SSSR count). The lowest BCUT2D eigenvalue weighted by Gasteiger charge is -2.35. The fourth-order valence-electron chi connectivity index (χ4n) is 4.60. The zero-order valence-corrected chi connectivity index (χ0v) is 16.4. The van der Waals surface area contributed by atoms with Gasteiger partial charge in [0.2, 0.25) is 0 Å². The Morgan fingerprint density at radius 2 is 2.00 bits per heavy atom. The molecule has 2 aromatic heterocycles. The molecule has 0 radical (unpaired) electrons. The van der Waals surface area contributed by atoms with Gasteiger partial charge in [0.05, 0.1) is 11.7 Å². The summed E-state index contributed by atoms with van der Waals surface area (Å²) >= 11 is 0. The van der Waals surface area contributed by atoms with E-state index < -0.39 is 0 Å². The molecule has 1 aromatic carbocycles. The first-order valence-electron chi connectivity index (χ1n) is 10.3. The van der Waals surface area contributed by atoms with Crippen LogP contribution >= 0.6 is 0 Å². The van der Waals surface area contributed by atoms with Gasteiger partial charge in [-0.05, 0) is 36.7 Å². The summed E-state index contributed by atoms with van der Waals surface area (Å²) in [4.78, 5) is 26.2. The minimum atomic E-state index is -0.361. The van der Waals surface area contributed by atoms with Gasteiger partial charge < -0.3 is 15.6 Å². The number of para-hydroxylation sites is 1. The van der Waals surface area contributed by atoms with E-state index in [1.165, 1.54) is 10.9 Å². The van der Waals surface area contributed by atoms with Crippen molar-refractivity contribution < 1.29 is 4.79 Å². The first-order valence-corrected chi connectivity index (χ1v) is 10.3. The molecular weight excluding hydrogens is 364 g/mol. The minimum Gasteiger partial charge on any atom is -0.360 e. The van der Waals surface area contributed by atoms with Crippen molar-refractivity contribution in [2.75, 3.05) is 49.1 Å². The number of amides is 2. The summed E-state index contributed by atoms with van der Waals surface area (Å²) in [5.41, 5.74) is 8.87. The van der Waals surface area contributed by atoms with Crippen LogP contribution in [0.3, 0.4) is 0 Å². The van der Waals surface area contributed by atoms with Crippen LogP contribution in [0.1, 0.15) is 17.9 Å². The van der Waals surface area contributed by atoms with E-state index >= 15 is 0 Å². The molecule has 2 amide bonds. The number of piperazine rings is 1. The number of urea groups is 1. The normalized spacial score (nSPS) is 19.7. The summed E-state index contributed by atoms with van der Waals surface area (Å²) in [7, 11) is 0. The van der Waals surface area contributed by atoms with E-state index in [1.807, 2.05) is 30.6 Å². The summed E-state index contributed by atoms with van der Waals surface area (Å²) in [6, 6.07) is 12.0. The molecular formula is C22H26N6O. The predicted octanol–water partition coefficient (Wildman–Crippen LogP) is 2.76. The molecule has 1 atom stereocenters. The lowest BCUT2D eigenvalue weighted by Crippen LogP contribution is -2.47. The highest BCUT2D eigenvalue weighted by atomic mass is 16.2. The van der Waals surface area contributed by atoms with Gasteiger partial charge in [-0.15, -0.1) is 0 Å². The average molecular weight is 390 g/mol. The Hall–Kier alpha value is -3.06. The van der Waals surface area contributed by atoms with E-state index in [0.717, 1.165) is 56.2 Å². The van der Waals surface area contributed by atoms with Crippen molar-refractivity contribution in [2.45, 2.75) is 12.3 Å². The molecule has 2 aliphatic heterocycles. The third-order valence-corrected chi connectivity index (χ3v) is 6.25. The monoisotopic (exact) mass is 390 g/mol. The molecule has 29 heavy (non-hydrogen) atoms. The van der Waals surface area contributed by atoms with E-state index in [2.05, 4.69) is 38.0 Å². The van der Waals surface area contributed by atoms with Crippen molar-refractivity contribution in [3.8, 4) is 0 Å². The number of hydrogen-bond acceptors (Lipinski definition) is 4. The van der Waals surface area contributed by atoms with E-state index in [-0.39, 0.29) is 6.03 Å². The van der Waals surface area contributed by atoms with Crippen LogP contribution in [0.25, 0.3) is 10.9 Å². The number of carbonyl (C=O) groups excluding carboxylic acids is 1. The van der Waals surface area contributed by atoms with Gasteiger partial charge >= 0.3 is 6.03 Å². The SMILES string of the molecule is NC(=O)N1C[C@@H](CCN2CCN(c3cc4cc[nH]c4cn3)CC2)c2ccccc21. The second-order valence-corrected chi connectivity index (χ2v) is 7.93. The zero-order chi connectivity index (χ0) is 19.8. The van der Waals surface area contributed by atoms with Gasteiger partial charge in [-0.25, -0.2) is 9.78 Å². The first kappa shape index (κ1) is 18.0. The molecule has 3 N–H and O–H groups in total. The van der Waals surface area contributed by atoms with Gasteiger partial charge in [-0.1, -0.05) is 18.2 Å². The number of nitrogens with one attached hydrogen (secondary N) is 1. The highest BCUT2D eigenvalue weighted by molar-refractivity contribution is 5.93. The molecule has 1 fully saturated rings. The summed E-state index contributed by atoms with van der Waals surface area (Å²) in [6.07, 6.45) is 4.90. The number of carbonyl (C=O) groups is 1. The predicted molar refractivity (Wildman–Crippen MR) is 115 cm³/mol. The maximum absolute atomic E-state index is 11.8. The molecule has 2 aliphatic rings. The quantitative estimate of drug-likeness (QED) is 0.718. The number of hydrogen-bond donors (Lipinski definition) is 2. The lowest BCUT2D eigenvalue weighted by atomic mass is 9.97. The molecule has 0 aliphatic carbocycles. The van der Waals surface area contributed by atoms with Gasteiger partial charge in [-0.3, -0.25) is 9.80 Å². The smallest absolute Gasteiger partial charge is 0.319 e. The number of rotatable bonds is 4. The standard InChI is InChI=1S/C22H26N6O/c23-22(29)28-15-17(18-3-1-2-4-20(18)28)6-8-26-9-11-27(12-10-26)21-13-16-5-7-24-19(16)14-25-21/h1-5,7,13-14,17,24H,6,8-12,15H2,(H2,23,29)/t17-/m1/s1. The average Bonchev–Trinajstić information content (AvgIpc) is 3.37. The maximum atomic E-state index is 11.8. The highest BCUT2D eigenvalue weighted by Crippen LogP contribution is 2.37. The number of primary amides is 1. The van der Waals surface area contributed by atoms with E-state index in [0.29, 0.717) is 12.5 Å². The number of aromatic nitrogens is 2. The van der Waals surface area contributed by atoms with Gasteiger partial charge in [0.1, 0.15) is 5.82 Å². The molecule has 4 heterocycles. The summed E-state index contributed by atoms with van der Waals surface area (Å²) in [5, 5.41) is 1.20. The number of fused-ring (bicyclic) bond motifs is 2. The van der Waals surface area contributed by atoms with E-state index in [4.69, 9.17) is 5.73 Å². The van der Waals surface area contributed by atoms with Crippen molar-refractivity contribution in [2.24, 2.45) is 5.73 Å². The number of nitrogens with two attached hydrogens (primary N) is 1. The molecule has 1 saturated heterocycles. The van der Waals surface area contributed by atoms with Crippen molar-refractivity contribution in [1.82, 2.24) is 14.9 Å². The van der Waals surface area contributed by atoms with Crippen LogP contribution in [0.5, 0.6) is 0 Å². The summed E-state index contributed by atoms with van der Waals surface area (Å²) < 4.78 is 0. The van der Waals surface area contributed by atoms with Gasteiger partial charge in [0, 0.05) is 55.9 Å². The number of pyridine rings is 1. The molecule has 0 saturated carbocycles. The Labute approximate surface area is 170 Å². The van der Waals surface area contributed by atoms with E-state index in [1.54, 1.807) is 4.90 Å². The fourth-order valence-corrected chi connectivity index (χ4v) is 4.60. The Bertz CT molecular complexity index is 1020. The minimum absolute atomic E-state index is 0.356. The Balaban J connectivity index is 1.18. The van der Waals surface area contributed by atoms with Crippen molar-refractivity contribution >= 4 is 28.4 Å². The Morgan fingerprint density at radius 1 is 1.17 bits per heavy atom. The number of H-pyrrole nitrogens is 1. The zero-order valence-electron chi connectivity index (χ0n) is 16.4. The van der Waals surface area contributed by atoms with Crippen LogP contribution in [0.2, 0.25) is 0 Å². The maximum Gasteiger partial charge on any atom is 0.319 e. The summed E-state index contributed by atoms with van der Waals surface area (Å²) in [6.45, 7) is 5.75. The van der Waals surface area contributed by atoms with Crippen LogP contribution in [0, 0.1) is 0 Å². The molecule has 150 valence electrons. The highest BCUT2D eigenvalue weighted by Gasteiger charge is 2.31. The Morgan fingerprint density at radius 3 is 2.83 bits per heavy atom. The van der Waals surface area contributed by atoms with Crippen LogP contribution in [-0.4, -0.2) is 60.2 Å². The lowest BCUT2D eigenvalue weighted by molar-refractivity contribution is 0.246. The van der Waals surface area contributed by atoms with Crippen molar-refractivity contribution in [1.29, 1.82) is 0 Å². The first-order chi connectivity index (χ1) is 14.2. The van der Waals surface area contributed by atoms with Crippen molar-refractivity contribution in [3.63, 3.8) is 0 Å². The van der Waals surface area contributed by atoms with Crippen LogP contribution in [0.15, 0.2) is 48.8 Å². The topological polar surface area (TPSA) is 81.5 Å². The largest absolute Gasteiger partial charge is 0.360 e. The van der Waals surface area contributed by atoms with E-state index in [9.17, 15) is 4.79 Å². The van der Waals surface area contributed by atoms with Crippen LogP contribution in [-0.2, 0) is 0 Å². The third-order valence-electron chi connectivity index (χ3n) is 6.25. The van der Waals surface area contributed by atoms with Gasteiger partial charge in [0.15, 0.2) is 0 Å². The van der Waals surface area contributed by atoms with Gasteiger partial charge in [-0.2, -0.15) is 0 Å².